The maximum atomic E-state index is 11.0. The fraction of sp³-hybridized carbons (Fsp3) is 1.00. The fourth-order valence-corrected chi connectivity index (χ4v) is 2.53. The van der Waals surface area contributed by atoms with E-state index < -0.39 is 10.2 Å². The van der Waals surface area contributed by atoms with Crippen LogP contribution in [0, 0.1) is 0 Å². The van der Waals surface area contributed by atoms with E-state index in [9.17, 15) is 8.42 Å². The minimum atomic E-state index is -3.50. The van der Waals surface area contributed by atoms with Crippen molar-refractivity contribution in [1.29, 1.82) is 0 Å². The Hall–Kier alpha value is -0.170. The van der Waals surface area contributed by atoms with Crippen molar-refractivity contribution in [2.24, 2.45) is 5.14 Å². The highest BCUT2D eigenvalue weighted by atomic mass is 32.2. The van der Waals surface area contributed by atoms with E-state index in [0.29, 0.717) is 13.1 Å². The topological polar surface area (TPSA) is 72.6 Å². The van der Waals surface area contributed by atoms with Gasteiger partial charge in [0, 0.05) is 13.1 Å². The monoisotopic (exact) mass is 192 g/mol. The highest BCUT2D eigenvalue weighted by molar-refractivity contribution is 7.86. The molecule has 2 atom stereocenters. The van der Waals surface area contributed by atoms with Crippen LogP contribution in [0.5, 0.6) is 0 Å². The maximum absolute atomic E-state index is 11.0. The summed E-state index contributed by atoms with van der Waals surface area (Å²) in [5, 5.41) is 5.00. The highest BCUT2D eigenvalue weighted by Gasteiger charge is 2.37. The van der Waals surface area contributed by atoms with Gasteiger partial charge in [-0.1, -0.05) is 0 Å². The van der Waals surface area contributed by atoms with Gasteiger partial charge in [0.25, 0.3) is 10.2 Å². The van der Waals surface area contributed by atoms with Gasteiger partial charge in [-0.3, -0.25) is 0 Å². The van der Waals surface area contributed by atoms with Crippen molar-refractivity contribution in [2.45, 2.75) is 25.0 Å². The normalized spacial score (nSPS) is 37.1. The van der Waals surface area contributed by atoms with Gasteiger partial charge in [0.15, 0.2) is 0 Å². The fourth-order valence-electron chi connectivity index (χ4n) is 1.79. The molecule has 2 fully saturated rings. The molecule has 0 aliphatic carbocycles. The van der Waals surface area contributed by atoms with Crippen LogP contribution in [0.15, 0.2) is 0 Å². The van der Waals surface area contributed by atoms with Gasteiger partial charge >= 0.3 is 0 Å². The lowest BCUT2D eigenvalue weighted by Crippen LogP contribution is -2.48. The predicted octanol–water partition coefficient (Wildman–Crippen LogP) is -0.947. The van der Waals surface area contributed by atoms with Crippen LogP contribution in [0.2, 0.25) is 0 Å². The average molecular weight is 192 g/mol. The van der Waals surface area contributed by atoms with Gasteiger partial charge in [-0.15, -0.1) is 0 Å². The molecule has 2 aliphatic heterocycles. The zero-order chi connectivity index (χ0) is 8.77. The van der Waals surface area contributed by atoms with E-state index in [1.807, 2.05) is 0 Å². The Labute approximate surface area is 71.7 Å². The van der Waals surface area contributed by atoms with Gasteiger partial charge in [0.1, 0.15) is 0 Å². The standard InChI is InChI=1S/C6H12N2O3S/c7-12(9,10)8-3-5-1-2-6(4-8)11-5/h5-6H,1-4H2,(H2,7,9,10). The van der Waals surface area contributed by atoms with Crippen LogP contribution in [0.25, 0.3) is 0 Å². The van der Waals surface area contributed by atoms with E-state index >= 15 is 0 Å². The van der Waals surface area contributed by atoms with Crippen LogP contribution in [0.4, 0.5) is 0 Å². The lowest BCUT2D eigenvalue weighted by atomic mass is 10.2. The Morgan fingerprint density at radius 2 is 1.75 bits per heavy atom. The summed E-state index contributed by atoms with van der Waals surface area (Å²) in [6.45, 7) is 0.852. The molecular weight excluding hydrogens is 180 g/mol. The Morgan fingerprint density at radius 1 is 1.25 bits per heavy atom. The molecule has 5 nitrogen and oxygen atoms in total. The first-order valence-corrected chi connectivity index (χ1v) is 5.49. The molecule has 0 aromatic heterocycles. The van der Waals surface area contributed by atoms with Gasteiger partial charge in [-0.2, -0.15) is 12.7 Å². The Kier molecular flexibility index (Phi) is 1.87. The number of rotatable bonds is 1. The molecule has 0 aromatic rings. The molecule has 0 spiro atoms. The first-order chi connectivity index (χ1) is 5.55. The maximum Gasteiger partial charge on any atom is 0.277 e. The zero-order valence-electron chi connectivity index (χ0n) is 6.64. The van der Waals surface area contributed by atoms with Crippen LogP contribution >= 0.6 is 0 Å². The van der Waals surface area contributed by atoms with Crippen LogP contribution in [-0.2, 0) is 14.9 Å². The molecule has 2 unspecified atom stereocenters. The SMILES string of the molecule is NS(=O)(=O)N1CC2CCC(C1)O2. The minimum Gasteiger partial charge on any atom is -0.372 e. The van der Waals surface area contributed by atoms with Crippen molar-refractivity contribution in [1.82, 2.24) is 4.31 Å². The molecule has 12 heavy (non-hydrogen) atoms. The van der Waals surface area contributed by atoms with Crippen molar-refractivity contribution in [3.05, 3.63) is 0 Å². The van der Waals surface area contributed by atoms with Gasteiger partial charge in [0.2, 0.25) is 0 Å². The first-order valence-electron chi connectivity index (χ1n) is 3.99. The third kappa shape index (κ3) is 1.47. The van der Waals surface area contributed by atoms with E-state index in [-0.39, 0.29) is 12.2 Å². The summed E-state index contributed by atoms with van der Waals surface area (Å²) >= 11 is 0. The van der Waals surface area contributed by atoms with Crippen molar-refractivity contribution >= 4 is 10.2 Å². The van der Waals surface area contributed by atoms with Crippen molar-refractivity contribution in [3.8, 4) is 0 Å². The van der Waals surface area contributed by atoms with Crippen LogP contribution in [0.3, 0.4) is 0 Å². The van der Waals surface area contributed by atoms with E-state index in [1.165, 1.54) is 4.31 Å². The number of ether oxygens (including phenoxy) is 1. The summed E-state index contributed by atoms with van der Waals surface area (Å²) < 4.78 is 28.7. The number of hydrogen-bond acceptors (Lipinski definition) is 3. The first kappa shape index (κ1) is 8.43. The van der Waals surface area contributed by atoms with Gasteiger partial charge in [-0.05, 0) is 12.8 Å². The van der Waals surface area contributed by atoms with E-state index in [2.05, 4.69) is 0 Å². The lowest BCUT2D eigenvalue weighted by Gasteiger charge is -2.29. The predicted molar refractivity (Wildman–Crippen MR) is 42.6 cm³/mol. The number of hydrogen-bond donors (Lipinski definition) is 1. The molecule has 2 bridgehead atoms. The van der Waals surface area contributed by atoms with Crippen LogP contribution < -0.4 is 5.14 Å². The van der Waals surface area contributed by atoms with Crippen molar-refractivity contribution < 1.29 is 13.2 Å². The summed E-state index contributed by atoms with van der Waals surface area (Å²) in [7, 11) is -3.50. The molecule has 70 valence electrons. The van der Waals surface area contributed by atoms with Gasteiger partial charge < -0.3 is 4.74 Å². The van der Waals surface area contributed by atoms with Crippen molar-refractivity contribution in [3.63, 3.8) is 0 Å². The summed E-state index contributed by atoms with van der Waals surface area (Å²) in [6.07, 6.45) is 2.05. The average Bonchev–Trinajstić information content (AvgIpc) is 2.28. The molecule has 0 radical (unpaired) electrons. The molecule has 2 N–H and O–H groups in total. The summed E-state index contributed by atoms with van der Waals surface area (Å²) in [4.78, 5) is 0. The summed E-state index contributed by atoms with van der Waals surface area (Å²) in [5.41, 5.74) is 0. The van der Waals surface area contributed by atoms with E-state index in [0.717, 1.165) is 12.8 Å². The second-order valence-electron chi connectivity index (χ2n) is 3.32. The molecule has 2 aliphatic rings. The third-order valence-corrected chi connectivity index (χ3v) is 3.39. The third-order valence-electron chi connectivity index (χ3n) is 2.37. The minimum absolute atomic E-state index is 0.0714. The molecule has 2 rings (SSSR count). The lowest BCUT2D eigenvalue weighted by molar-refractivity contribution is -0.0114. The number of morpholine rings is 1. The molecule has 6 heteroatoms. The summed E-state index contributed by atoms with van der Waals surface area (Å²) in [5.74, 6) is 0. The van der Waals surface area contributed by atoms with Gasteiger partial charge in [-0.25, -0.2) is 5.14 Å². The molecular formula is C6H12N2O3S. The molecule has 0 aromatic carbocycles. The quantitative estimate of drug-likeness (QED) is 0.582. The van der Waals surface area contributed by atoms with E-state index in [1.54, 1.807) is 0 Å². The second kappa shape index (κ2) is 2.66. The van der Waals surface area contributed by atoms with Gasteiger partial charge in [0.05, 0.1) is 12.2 Å². The Morgan fingerprint density at radius 3 is 2.17 bits per heavy atom. The largest absolute Gasteiger partial charge is 0.372 e. The van der Waals surface area contributed by atoms with Crippen LogP contribution in [-0.4, -0.2) is 38.0 Å². The highest BCUT2D eigenvalue weighted by Crippen LogP contribution is 2.26. The van der Waals surface area contributed by atoms with Crippen molar-refractivity contribution in [2.75, 3.05) is 13.1 Å². The number of nitrogens with zero attached hydrogens (tertiary/aromatic N) is 1. The Balaban J connectivity index is 2.13. The summed E-state index contributed by atoms with van der Waals surface area (Å²) in [6, 6.07) is 0. The van der Waals surface area contributed by atoms with E-state index in [4.69, 9.17) is 9.88 Å². The smallest absolute Gasteiger partial charge is 0.277 e. The zero-order valence-corrected chi connectivity index (χ0v) is 7.46. The number of nitrogens with two attached hydrogens (primary N) is 1. The Bertz CT molecular complexity index is 265. The molecule has 2 heterocycles. The molecule has 2 saturated heterocycles. The molecule has 0 saturated carbocycles. The second-order valence-corrected chi connectivity index (χ2v) is 4.87. The number of fused-ring (bicyclic) bond motifs is 2. The van der Waals surface area contributed by atoms with Crippen LogP contribution in [0.1, 0.15) is 12.8 Å². The molecule has 0 amide bonds.